The van der Waals surface area contributed by atoms with Gasteiger partial charge in [-0.2, -0.15) is 0 Å². The van der Waals surface area contributed by atoms with E-state index < -0.39 is 0 Å². The van der Waals surface area contributed by atoms with E-state index in [9.17, 15) is 4.79 Å². The largest absolute Gasteiger partial charge is 0.486 e. The molecule has 1 aromatic carbocycles. The van der Waals surface area contributed by atoms with Gasteiger partial charge in [-0.05, 0) is 17.7 Å². The summed E-state index contributed by atoms with van der Waals surface area (Å²) in [5, 5.41) is 2.69. The number of carbonyl (C=O) groups is 1. The number of halogens is 1. The summed E-state index contributed by atoms with van der Waals surface area (Å²) in [6.07, 6.45) is 0. The Kier molecular flexibility index (Phi) is 3.51. The van der Waals surface area contributed by atoms with Crippen molar-refractivity contribution >= 4 is 17.5 Å². The molecule has 0 aliphatic carbocycles. The molecular formula is C11H12ClNO3. The van der Waals surface area contributed by atoms with Gasteiger partial charge in [0.1, 0.15) is 19.1 Å². The van der Waals surface area contributed by atoms with E-state index in [1.807, 2.05) is 18.2 Å². The Balaban J connectivity index is 2.03. The zero-order valence-electron chi connectivity index (χ0n) is 8.66. The van der Waals surface area contributed by atoms with E-state index in [-0.39, 0.29) is 11.8 Å². The monoisotopic (exact) mass is 241 g/mol. The molecule has 0 unspecified atom stereocenters. The van der Waals surface area contributed by atoms with Crippen molar-refractivity contribution < 1.29 is 14.3 Å². The van der Waals surface area contributed by atoms with E-state index >= 15 is 0 Å². The average molecular weight is 242 g/mol. The summed E-state index contributed by atoms with van der Waals surface area (Å²) in [4.78, 5) is 11.0. The molecule has 0 aromatic heterocycles. The maximum Gasteiger partial charge on any atom is 0.235 e. The molecule has 86 valence electrons. The zero-order valence-corrected chi connectivity index (χ0v) is 9.42. The predicted octanol–water partition coefficient (Wildman–Crippen LogP) is 1.31. The van der Waals surface area contributed by atoms with Gasteiger partial charge in [0.25, 0.3) is 0 Å². The van der Waals surface area contributed by atoms with Gasteiger partial charge in [-0.1, -0.05) is 6.07 Å². The van der Waals surface area contributed by atoms with Crippen LogP contribution < -0.4 is 14.8 Å². The number of alkyl halides is 1. The molecule has 0 saturated carbocycles. The van der Waals surface area contributed by atoms with Gasteiger partial charge in [0, 0.05) is 6.54 Å². The molecule has 1 aromatic rings. The van der Waals surface area contributed by atoms with E-state index in [0.29, 0.717) is 19.8 Å². The minimum absolute atomic E-state index is 0.0233. The Morgan fingerprint density at radius 3 is 2.81 bits per heavy atom. The summed E-state index contributed by atoms with van der Waals surface area (Å²) < 4.78 is 10.8. The second-order valence-electron chi connectivity index (χ2n) is 3.39. The average Bonchev–Trinajstić information content (AvgIpc) is 2.35. The Labute approximate surface area is 98.5 Å². The van der Waals surface area contributed by atoms with Crippen molar-refractivity contribution in [3.63, 3.8) is 0 Å². The lowest BCUT2D eigenvalue weighted by molar-refractivity contribution is -0.118. The fraction of sp³-hybridized carbons (Fsp3) is 0.364. The summed E-state index contributed by atoms with van der Waals surface area (Å²) >= 11 is 5.38. The van der Waals surface area contributed by atoms with Crippen LogP contribution in [0.5, 0.6) is 11.5 Å². The van der Waals surface area contributed by atoms with Crippen molar-refractivity contribution in [3.05, 3.63) is 23.8 Å². The summed E-state index contributed by atoms with van der Waals surface area (Å²) in [6, 6.07) is 5.60. The highest BCUT2D eigenvalue weighted by atomic mass is 35.5. The van der Waals surface area contributed by atoms with Crippen LogP contribution in [0.4, 0.5) is 0 Å². The number of benzene rings is 1. The van der Waals surface area contributed by atoms with E-state index in [2.05, 4.69) is 5.32 Å². The number of fused-ring (bicyclic) bond motifs is 1. The van der Waals surface area contributed by atoms with Gasteiger partial charge in [0.2, 0.25) is 5.91 Å². The second-order valence-corrected chi connectivity index (χ2v) is 3.66. The number of amides is 1. The number of carbonyl (C=O) groups excluding carboxylic acids is 1. The highest BCUT2D eigenvalue weighted by Crippen LogP contribution is 2.30. The summed E-state index contributed by atoms with van der Waals surface area (Å²) in [5.41, 5.74) is 0.961. The van der Waals surface area contributed by atoms with Crippen molar-refractivity contribution in [2.45, 2.75) is 6.54 Å². The molecule has 0 fully saturated rings. The Hall–Kier alpha value is -1.42. The molecule has 1 aliphatic heterocycles. The van der Waals surface area contributed by atoms with Crippen LogP contribution in [0.2, 0.25) is 0 Å². The SMILES string of the molecule is O=C(CCl)NCc1ccc2c(c1)OCCO2. The molecule has 2 rings (SSSR count). The van der Waals surface area contributed by atoms with Gasteiger partial charge < -0.3 is 14.8 Å². The van der Waals surface area contributed by atoms with Gasteiger partial charge in [0.15, 0.2) is 11.5 Å². The second kappa shape index (κ2) is 5.07. The minimum Gasteiger partial charge on any atom is -0.486 e. The first kappa shape index (κ1) is 11.1. The third-order valence-corrected chi connectivity index (χ3v) is 2.46. The lowest BCUT2D eigenvalue weighted by Crippen LogP contribution is -2.23. The Morgan fingerprint density at radius 1 is 1.31 bits per heavy atom. The van der Waals surface area contributed by atoms with Crippen LogP contribution >= 0.6 is 11.6 Å². The van der Waals surface area contributed by atoms with Crippen LogP contribution in [0.15, 0.2) is 18.2 Å². The van der Waals surface area contributed by atoms with Gasteiger partial charge in [-0.3, -0.25) is 4.79 Å². The maximum atomic E-state index is 11.0. The van der Waals surface area contributed by atoms with E-state index in [1.54, 1.807) is 0 Å². The van der Waals surface area contributed by atoms with Gasteiger partial charge in [-0.25, -0.2) is 0 Å². The highest BCUT2D eigenvalue weighted by molar-refractivity contribution is 6.27. The zero-order chi connectivity index (χ0) is 11.4. The molecule has 1 amide bonds. The molecular weight excluding hydrogens is 230 g/mol. The third kappa shape index (κ3) is 2.58. The van der Waals surface area contributed by atoms with Crippen LogP contribution in [0.1, 0.15) is 5.56 Å². The minimum atomic E-state index is -0.184. The molecule has 0 bridgehead atoms. The van der Waals surface area contributed by atoms with Crippen LogP contribution in [0, 0.1) is 0 Å². The normalized spacial score (nSPS) is 13.3. The number of nitrogens with one attached hydrogen (secondary N) is 1. The fourth-order valence-electron chi connectivity index (χ4n) is 1.45. The number of rotatable bonds is 3. The molecule has 0 radical (unpaired) electrons. The van der Waals surface area contributed by atoms with Crippen molar-refractivity contribution in [1.82, 2.24) is 5.32 Å². The first-order valence-corrected chi connectivity index (χ1v) is 5.54. The van der Waals surface area contributed by atoms with Crippen LogP contribution in [0.25, 0.3) is 0 Å². The van der Waals surface area contributed by atoms with E-state index in [0.717, 1.165) is 17.1 Å². The third-order valence-electron chi connectivity index (χ3n) is 2.22. The Morgan fingerprint density at radius 2 is 2.06 bits per heavy atom. The van der Waals surface area contributed by atoms with Crippen molar-refractivity contribution in [2.75, 3.05) is 19.1 Å². The quantitative estimate of drug-likeness (QED) is 0.812. The first-order valence-electron chi connectivity index (χ1n) is 5.01. The number of ether oxygens (including phenoxy) is 2. The number of hydrogen-bond donors (Lipinski definition) is 1. The van der Waals surface area contributed by atoms with Crippen LogP contribution in [-0.2, 0) is 11.3 Å². The molecule has 0 saturated heterocycles. The van der Waals surface area contributed by atoms with Crippen molar-refractivity contribution in [2.24, 2.45) is 0 Å². The molecule has 1 N–H and O–H groups in total. The molecule has 5 heteroatoms. The van der Waals surface area contributed by atoms with Gasteiger partial charge in [0.05, 0.1) is 0 Å². The predicted molar refractivity (Wildman–Crippen MR) is 60.0 cm³/mol. The lowest BCUT2D eigenvalue weighted by atomic mass is 10.2. The van der Waals surface area contributed by atoms with Gasteiger partial charge >= 0.3 is 0 Å². The number of hydrogen-bond acceptors (Lipinski definition) is 3. The van der Waals surface area contributed by atoms with Crippen molar-refractivity contribution in [1.29, 1.82) is 0 Å². The van der Waals surface area contributed by atoms with E-state index in [4.69, 9.17) is 21.1 Å². The summed E-state index contributed by atoms with van der Waals surface area (Å²) in [7, 11) is 0. The Bertz CT molecular complexity index is 395. The van der Waals surface area contributed by atoms with Crippen molar-refractivity contribution in [3.8, 4) is 11.5 Å². The topological polar surface area (TPSA) is 47.6 Å². The smallest absolute Gasteiger partial charge is 0.235 e. The maximum absolute atomic E-state index is 11.0. The molecule has 4 nitrogen and oxygen atoms in total. The molecule has 0 spiro atoms. The molecule has 1 aliphatic rings. The van der Waals surface area contributed by atoms with Crippen LogP contribution in [-0.4, -0.2) is 25.0 Å². The lowest BCUT2D eigenvalue weighted by Gasteiger charge is -2.18. The van der Waals surface area contributed by atoms with E-state index in [1.165, 1.54) is 0 Å². The molecule has 0 atom stereocenters. The highest BCUT2D eigenvalue weighted by Gasteiger charge is 2.11. The first-order chi connectivity index (χ1) is 7.79. The summed E-state index contributed by atoms with van der Waals surface area (Å²) in [5.74, 6) is 1.27. The standard InChI is InChI=1S/C11H12ClNO3/c12-6-11(14)13-7-8-1-2-9-10(5-8)16-4-3-15-9/h1-2,5H,3-4,6-7H2,(H,13,14). The fourth-order valence-corrected chi connectivity index (χ4v) is 1.54. The van der Waals surface area contributed by atoms with Gasteiger partial charge in [-0.15, -0.1) is 11.6 Å². The molecule has 16 heavy (non-hydrogen) atoms. The van der Waals surface area contributed by atoms with Crippen LogP contribution in [0.3, 0.4) is 0 Å². The summed E-state index contributed by atoms with van der Waals surface area (Å²) in [6.45, 7) is 1.59. The molecule has 1 heterocycles.